The quantitative estimate of drug-likeness (QED) is 0.708. The normalized spacial score (nSPS) is 11.2. The second kappa shape index (κ2) is 7.89. The molecule has 0 spiro atoms. The fourth-order valence-electron chi connectivity index (χ4n) is 1.68. The number of sulfone groups is 1. The topological polar surface area (TPSA) is 80.7 Å². The van der Waals surface area contributed by atoms with Crippen LogP contribution in [0.3, 0.4) is 0 Å². The number of hydrogen-bond acceptors (Lipinski definition) is 4. The van der Waals surface area contributed by atoms with Gasteiger partial charge in [0, 0.05) is 0 Å². The van der Waals surface area contributed by atoms with Gasteiger partial charge in [-0.1, -0.05) is 25.8 Å². The Morgan fingerprint density at radius 1 is 1.25 bits per heavy atom. The van der Waals surface area contributed by atoms with Crippen molar-refractivity contribution in [1.82, 2.24) is 0 Å². The Kier molecular flexibility index (Phi) is 6.51. The van der Waals surface area contributed by atoms with Crippen LogP contribution in [-0.4, -0.2) is 37.6 Å². The molecule has 0 fully saturated rings. The summed E-state index contributed by atoms with van der Waals surface area (Å²) in [4.78, 5) is 10.8. The summed E-state index contributed by atoms with van der Waals surface area (Å²) in [5.74, 6) is -0.538. The van der Waals surface area contributed by atoms with Gasteiger partial charge in [0.15, 0.2) is 9.84 Å². The van der Waals surface area contributed by atoms with Crippen LogP contribution in [0, 0.1) is 0 Å². The molecule has 112 valence electrons. The molecule has 1 rings (SSSR count). The van der Waals surface area contributed by atoms with Crippen LogP contribution in [0.5, 0.6) is 5.75 Å². The third-order valence-electron chi connectivity index (χ3n) is 2.80. The number of unbranched alkanes of at least 4 members (excludes halogenated alkanes) is 2. The lowest BCUT2D eigenvalue weighted by molar-refractivity contribution is 0.0696. The summed E-state index contributed by atoms with van der Waals surface area (Å²) in [7, 11) is -3.09. The Morgan fingerprint density at radius 3 is 2.65 bits per heavy atom. The van der Waals surface area contributed by atoms with Crippen LogP contribution in [0.2, 0.25) is 0 Å². The third kappa shape index (κ3) is 6.06. The molecule has 0 aromatic heterocycles. The van der Waals surface area contributed by atoms with Gasteiger partial charge >= 0.3 is 5.97 Å². The standard InChI is InChI=1S/C14H20O5S/c1-2-3-4-9-20(17,18)10-8-19-13-7-5-6-12(11-13)14(15)16/h5-7,11H,2-4,8-10H2,1H3,(H,15,16). The first-order chi connectivity index (χ1) is 9.44. The second-order valence-electron chi connectivity index (χ2n) is 4.54. The molecule has 0 atom stereocenters. The molecule has 1 N–H and O–H groups in total. The van der Waals surface area contributed by atoms with Gasteiger partial charge in [-0.15, -0.1) is 0 Å². The van der Waals surface area contributed by atoms with E-state index >= 15 is 0 Å². The van der Waals surface area contributed by atoms with Crippen LogP contribution < -0.4 is 4.74 Å². The number of carboxylic acid groups (broad SMARTS) is 1. The highest BCUT2D eigenvalue weighted by Gasteiger charge is 2.11. The molecule has 0 saturated heterocycles. The molecule has 0 amide bonds. The van der Waals surface area contributed by atoms with E-state index in [9.17, 15) is 13.2 Å². The number of carboxylic acids is 1. The molecule has 6 heteroatoms. The van der Waals surface area contributed by atoms with Crippen molar-refractivity contribution in [2.24, 2.45) is 0 Å². The van der Waals surface area contributed by atoms with Crippen LogP contribution >= 0.6 is 0 Å². The average molecular weight is 300 g/mol. The lowest BCUT2D eigenvalue weighted by Gasteiger charge is -2.07. The Labute approximate surface area is 119 Å². The van der Waals surface area contributed by atoms with Crippen LogP contribution in [0.1, 0.15) is 36.5 Å². The minimum Gasteiger partial charge on any atom is -0.493 e. The molecule has 0 saturated carbocycles. The summed E-state index contributed by atoms with van der Waals surface area (Å²) in [6, 6.07) is 6.01. The first-order valence-electron chi connectivity index (χ1n) is 6.61. The van der Waals surface area contributed by atoms with Gasteiger partial charge in [0.25, 0.3) is 0 Å². The Bertz CT molecular complexity index is 536. The van der Waals surface area contributed by atoms with E-state index in [-0.39, 0.29) is 23.7 Å². The first-order valence-corrected chi connectivity index (χ1v) is 8.43. The van der Waals surface area contributed by atoms with Crippen molar-refractivity contribution in [1.29, 1.82) is 0 Å². The summed E-state index contributed by atoms with van der Waals surface area (Å²) in [6.45, 7) is 2.06. The molecule has 0 aliphatic rings. The van der Waals surface area contributed by atoms with Crippen LogP contribution in [0.25, 0.3) is 0 Å². The Hall–Kier alpha value is -1.56. The van der Waals surface area contributed by atoms with Crippen molar-refractivity contribution in [2.75, 3.05) is 18.1 Å². The minimum absolute atomic E-state index is 0.0392. The molecule has 1 aromatic rings. The molecule has 0 radical (unpaired) electrons. The van der Waals surface area contributed by atoms with Crippen LogP contribution in [0.15, 0.2) is 24.3 Å². The molecular formula is C14H20O5S. The lowest BCUT2D eigenvalue weighted by atomic mass is 10.2. The summed E-state index contributed by atoms with van der Waals surface area (Å²) >= 11 is 0. The number of hydrogen-bond donors (Lipinski definition) is 1. The Morgan fingerprint density at radius 2 is 2.00 bits per heavy atom. The predicted molar refractivity (Wildman–Crippen MR) is 77.1 cm³/mol. The van der Waals surface area contributed by atoms with E-state index in [0.717, 1.165) is 12.8 Å². The first kappa shape index (κ1) is 16.5. The van der Waals surface area contributed by atoms with Gasteiger partial charge in [0.2, 0.25) is 0 Å². The zero-order valence-electron chi connectivity index (χ0n) is 11.5. The van der Waals surface area contributed by atoms with E-state index in [4.69, 9.17) is 9.84 Å². The summed E-state index contributed by atoms with van der Waals surface area (Å²) < 4.78 is 28.7. The summed E-state index contributed by atoms with van der Waals surface area (Å²) in [5, 5.41) is 8.83. The van der Waals surface area contributed by atoms with Crippen LogP contribution in [-0.2, 0) is 9.84 Å². The highest BCUT2D eigenvalue weighted by molar-refractivity contribution is 7.91. The van der Waals surface area contributed by atoms with E-state index in [0.29, 0.717) is 12.2 Å². The predicted octanol–water partition coefficient (Wildman–Crippen LogP) is 2.37. The van der Waals surface area contributed by atoms with Gasteiger partial charge in [-0.3, -0.25) is 0 Å². The van der Waals surface area contributed by atoms with Crippen molar-refractivity contribution >= 4 is 15.8 Å². The summed E-state index contributed by atoms with van der Waals surface area (Å²) in [5.41, 5.74) is 0.119. The maximum Gasteiger partial charge on any atom is 0.335 e. The molecule has 0 bridgehead atoms. The number of ether oxygens (including phenoxy) is 1. The van der Waals surface area contributed by atoms with Crippen molar-refractivity contribution < 1.29 is 23.1 Å². The van der Waals surface area contributed by atoms with Gasteiger partial charge in [-0.05, 0) is 24.6 Å². The number of rotatable bonds is 9. The van der Waals surface area contributed by atoms with E-state index in [1.807, 2.05) is 6.92 Å². The highest BCUT2D eigenvalue weighted by atomic mass is 32.2. The molecule has 5 nitrogen and oxygen atoms in total. The van der Waals surface area contributed by atoms with E-state index in [1.54, 1.807) is 12.1 Å². The zero-order chi connectivity index (χ0) is 15.0. The molecule has 1 aromatic carbocycles. The Balaban J connectivity index is 2.44. The van der Waals surface area contributed by atoms with Gasteiger partial charge in [0.1, 0.15) is 12.4 Å². The van der Waals surface area contributed by atoms with Gasteiger partial charge in [0.05, 0.1) is 17.1 Å². The SMILES string of the molecule is CCCCCS(=O)(=O)CCOc1cccc(C(=O)O)c1. The highest BCUT2D eigenvalue weighted by Crippen LogP contribution is 2.13. The maximum absolute atomic E-state index is 11.7. The minimum atomic E-state index is -3.09. The average Bonchev–Trinajstić information content (AvgIpc) is 2.39. The van der Waals surface area contributed by atoms with E-state index in [1.165, 1.54) is 12.1 Å². The maximum atomic E-state index is 11.7. The molecule has 20 heavy (non-hydrogen) atoms. The van der Waals surface area contributed by atoms with Crippen molar-refractivity contribution in [3.8, 4) is 5.75 Å². The molecule has 0 heterocycles. The summed E-state index contributed by atoms with van der Waals surface area (Å²) in [6.07, 6.45) is 2.56. The van der Waals surface area contributed by atoms with Crippen molar-refractivity contribution in [2.45, 2.75) is 26.2 Å². The lowest BCUT2D eigenvalue weighted by Crippen LogP contribution is -2.17. The van der Waals surface area contributed by atoms with E-state index < -0.39 is 15.8 Å². The van der Waals surface area contributed by atoms with Gasteiger partial charge in [-0.2, -0.15) is 0 Å². The number of carbonyl (C=O) groups is 1. The molecule has 0 aliphatic carbocycles. The smallest absolute Gasteiger partial charge is 0.335 e. The zero-order valence-corrected chi connectivity index (χ0v) is 12.4. The van der Waals surface area contributed by atoms with Crippen molar-refractivity contribution in [3.63, 3.8) is 0 Å². The number of aromatic carboxylic acids is 1. The second-order valence-corrected chi connectivity index (χ2v) is 6.84. The van der Waals surface area contributed by atoms with E-state index in [2.05, 4.69) is 0 Å². The fourth-order valence-corrected chi connectivity index (χ4v) is 2.86. The molecule has 0 aliphatic heterocycles. The number of benzene rings is 1. The van der Waals surface area contributed by atoms with Crippen molar-refractivity contribution in [3.05, 3.63) is 29.8 Å². The van der Waals surface area contributed by atoms with Gasteiger partial charge in [-0.25, -0.2) is 13.2 Å². The third-order valence-corrected chi connectivity index (χ3v) is 4.50. The molecule has 0 unspecified atom stereocenters. The monoisotopic (exact) mass is 300 g/mol. The van der Waals surface area contributed by atoms with Gasteiger partial charge < -0.3 is 9.84 Å². The van der Waals surface area contributed by atoms with Crippen LogP contribution in [0.4, 0.5) is 0 Å². The fraction of sp³-hybridized carbons (Fsp3) is 0.500. The largest absolute Gasteiger partial charge is 0.493 e. The molecular weight excluding hydrogens is 280 g/mol.